The van der Waals surface area contributed by atoms with E-state index in [1.54, 1.807) is 37.7 Å². The molecule has 1 amide bonds. The molecule has 2 unspecified atom stereocenters. The lowest BCUT2D eigenvalue weighted by atomic mass is 9.82. The van der Waals surface area contributed by atoms with Gasteiger partial charge in [0.2, 0.25) is 0 Å². The van der Waals surface area contributed by atoms with Gasteiger partial charge in [-0.15, -0.1) is 0 Å². The second-order valence-corrected chi connectivity index (χ2v) is 5.98. The first-order valence-electron chi connectivity index (χ1n) is 7.84. The molecule has 2 aliphatic rings. The molecule has 0 spiro atoms. The van der Waals surface area contributed by atoms with E-state index in [4.69, 9.17) is 4.74 Å². The van der Waals surface area contributed by atoms with E-state index in [0.29, 0.717) is 29.0 Å². The van der Waals surface area contributed by atoms with Gasteiger partial charge in [0.25, 0.3) is 5.91 Å². The van der Waals surface area contributed by atoms with Crippen LogP contribution in [0.2, 0.25) is 0 Å². The summed E-state index contributed by atoms with van der Waals surface area (Å²) in [6, 6.07) is 5.70. The Morgan fingerprint density at radius 2 is 2.17 bits per heavy atom. The first-order chi connectivity index (χ1) is 11.3. The predicted molar refractivity (Wildman–Crippen MR) is 83.7 cm³/mol. The number of rotatable bonds is 3. The smallest absolute Gasteiger partial charge is 0.256 e. The zero-order valence-corrected chi connectivity index (χ0v) is 13.0. The summed E-state index contributed by atoms with van der Waals surface area (Å²) < 4.78 is 5.27. The number of amides is 1. The first kappa shape index (κ1) is 14.2. The molecule has 2 aliphatic heterocycles. The number of aromatic nitrogens is 3. The molecule has 0 radical (unpaired) electrons. The second-order valence-electron chi connectivity index (χ2n) is 5.98. The molecule has 23 heavy (non-hydrogen) atoms. The summed E-state index contributed by atoms with van der Waals surface area (Å²) in [6.07, 6.45) is 4.33. The number of hydrogen-bond donors (Lipinski definition) is 1. The monoisotopic (exact) mass is 313 g/mol. The maximum atomic E-state index is 13.0. The highest BCUT2D eigenvalue weighted by Crippen LogP contribution is 2.32. The molecule has 4 rings (SSSR count). The van der Waals surface area contributed by atoms with Crippen LogP contribution in [0.1, 0.15) is 16.8 Å². The van der Waals surface area contributed by atoms with E-state index in [-0.39, 0.29) is 5.91 Å². The van der Waals surface area contributed by atoms with Gasteiger partial charge in [-0.05, 0) is 31.0 Å². The lowest BCUT2D eigenvalue weighted by molar-refractivity contribution is 0.00279. The Kier molecular flexibility index (Phi) is 3.49. The molecule has 2 atom stereocenters. The number of ether oxygens (including phenoxy) is 1. The van der Waals surface area contributed by atoms with Crippen molar-refractivity contribution >= 4 is 5.91 Å². The van der Waals surface area contributed by atoms with Gasteiger partial charge >= 0.3 is 0 Å². The van der Waals surface area contributed by atoms with Gasteiger partial charge in [0.05, 0.1) is 25.1 Å². The minimum Gasteiger partial charge on any atom is -0.497 e. The summed E-state index contributed by atoms with van der Waals surface area (Å²) in [4.78, 5) is 16.4. The summed E-state index contributed by atoms with van der Waals surface area (Å²) in [6.45, 7) is 2.76. The minimum absolute atomic E-state index is 0.0323. The molecule has 0 bridgehead atoms. The number of carbonyl (C=O) groups is 1. The molecule has 0 saturated carbocycles. The largest absolute Gasteiger partial charge is 0.497 e. The number of nitrogens with zero attached hydrogens (tertiary/aromatic N) is 4. The molecule has 2 fully saturated rings. The highest BCUT2D eigenvalue weighted by molar-refractivity contribution is 5.98. The van der Waals surface area contributed by atoms with E-state index in [9.17, 15) is 4.79 Å². The van der Waals surface area contributed by atoms with Crippen molar-refractivity contribution in [2.24, 2.45) is 5.92 Å². The highest BCUT2D eigenvalue weighted by Gasteiger charge is 2.43. The number of fused-ring (bicyclic) bond motifs is 1. The number of nitrogens with one attached hydrogen (secondary N) is 1. The van der Waals surface area contributed by atoms with E-state index in [0.717, 1.165) is 26.1 Å². The molecule has 2 saturated heterocycles. The lowest BCUT2D eigenvalue weighted by Gasteiger charge is -2.51. The minimum atomic E-state index is 0.0323. The standard InChI is InChI=1S/C16H19N5O2/c1-23-12-2-3-13(14(8-12)21-18-6-7-19-21)16(22)20-10-11-4-5-17-9-15(11)20/h2-3,6-8,11,15,17H,4-5,9-10H2,1H3. The van der Waals surface area contributed by atoms with Crippen LogP contribution >= 0.6 is 0 Å². The normalized spacial score (nSPS) is 23.1. The zero-order chi connectivity index (χ0) is 15.8. The maximum Gasteiger partial charge on any atom is 0.256 e. The fourth-order valence-corrected chi connectivity index (χ4v) is 3.44. The highest BCUT2D eigenvalue weighted by atomic mass is 16.5. The molecule has 1 aromatic carbocycles. The van der Waals surface area contributed by atoms with Crippen molar-refractivity contribution in [1.82, 2.24) is 25.2 Å². The molecule has 3 heterocycles. The average Bonchev–Trinajstić information content (AvgIpc) is 3.09. The Labute approximate surface area is 134 Å². The van der Waals surface area contributed by atoms with Crippen LogP contribution in [0.5, 0.6) is 5.75 Å². The third kappa shape index (κ3) is 2.37. The van der Waals surface area contributed by atoms with E-state index in [1.165, 1.54) is 4.80 Å². The topological polar surface area (TPSA) is 72.3 Å². The van der Waals surface area contributed by atoms with Crippen molar-refractivity contribution in [3.8, 4) is 11.4 Å². The third-order valence-electron chi connectivity index (χ3n) is 4.75. The van der Waals surface area contributed by atoms with E-state index >= 15 is 0 Å². The molecule has 120 valence electrons. The maximum absolute atomic E-state index is 13.0. The van der Waals surface area contributed by atoms with Crippen LogP contribution in [0.15, 0.2) is 30.6 Å². The molecular weight excluding hydrogens is 294 g/mol. The third-order valence-corrected chi connectivity index (χ3v) is 4.75. The van der Waals surface area contributed by atoms with Crippen molar-refractivity contribution in [2.45, 2.75) is 12.5 Å². The molecule has 1 aromatic heterocycles. The Morgan fingerprint density at radius 1 is 1.35 bits per heavy atom. The molecular formula is C16H19N5O2. The summed E-state index contributed by atoms with van der Waals surface area (Å²) in [5, 5.41) is 11.7. The van der Waals surface area contributed by atoms with Crippen LogP contribution < -0.4 is 10.1 Å². The van der Waals surface area contributed by atoms with E-state index < -0.39 is 0 Å². The lowest BCUT2D eigenvalue weighted by Crippen LogP contribution is -2.65. The average molecular weight is 313 g/mol. The van der Waals surface area contributed by atoms with Crippen LogP contribution in [0.25, 0.3) is 5.69 Å². The van der Waals surface area contributed by atoms with Gasteiger partial charge in [-0.3, -0.25) is 4.79 Å². The predicted octanol–water partition coefficient (Wildman–Crippen LogP) is 0.710. The van der Waals surface area contributed by atoms with Gasteiger partial charge in [-0.2, -0.15) is 15.0 Å². The van der Waals surface area contributed by atoms with Crippen molar-refractivity contribution in [2.75, 3.05) is 26.7 Å². The molecule has 2 aromatic rings. The van der Waals surface area contributed by atoms with Gasteiger partial charge < -0.3 is 15.0 Å². The molecule has 0 aliphatic carbocycles. The van der Waals surface area contributed by atoms with Crippen molar-refractivity contribution < 1.29 is 9.53 Å². The van der Waals surface area contributed by atoms with E-state index in [2.05, 4.69) is 15.5 Å². The van der Waals surface area contributed by atoms with Crippen LogP contribution in [-0.4, -0.2) is 58.6 Å². The fraction of sp³-hybridized carbons (Fsp3) is 0.438. The first-order valence-corrected chi connectivity index (χ1v) is 7.84. The molecule has 7 nitrogen and oxygen atoms in total. The van der Waals surface area contributed by atoms with Gasteiger partial charge in [-0.25, -0.2) is 0 Å². The second kappa shape index (κ2) is 5.66. The SMILES string of the molecule is COc1ccc(C(=O)N2CC3CCNCC32)c(-n2nccn2)c1. The fourth-order valence-electron chi connectivity index (χ4n) is 3.44. The molecule has 1 N–H and O–H groups in total. The number of hydrogen-bond acceptors (Lipinski definition) is 5. The van der Waals surface area contributed by atoms with Crippen molar-refractivity contribution in [3.05, 3.63) is 36.2 Å². The Hall–Kier alpha value is -2.41. The Balaban J connectivity index is 1.67. The Morgan fingerprint density at radius 3 is 2.91 bits per heavy atom. The van der Waals surface area contributed by atoms with E-state index in [1.807, 2.05) is 4.90 Å². The summed E-state index contributed by atoms with van der Waals surface area (Å²) >= 11 is 0. The quantitative estimate of drug-likeness (QED) is 0.903. The van der Waals surface area contributed by atoms with Gasteiger partial charge in [0, 0.05) is 25.2 Å². The number of piperidine rings is 1. The van der Waals surface area contributed by atoms with Gasteiger partial charge in [0.15, 0.2) is 0 Å². The van der Waals surface area contributed by atoms with Crippen LogP contribution in [0, 0.1) is 5.92 Å². The number of methoxy groups -OCH3 is 1. The zero-order valence-electron chi connectivity index (χ0n) is 13.0. The van der Waals surface area contributed by atoms with Gasteiger partial charge in [0.1, 0.15) is 11.4 Å². The summed E-state index contributed by atoms with van der Waals surface area (Å²) in [5.74, 6) is 1.34. The Bertz CT molecular complexity index is 715. The van der Waals surface area contributed by atoms with Gasteiger partial charge in [-0.1, -0.05) is 0 Å². The van der Waals surface area contributed by atoms with Crippen LogP contribution in [0.3, 0.4) is 0 Å². The van der Waals surface area contributed by atoms with Crippen molar-refractivity contribution in [3.63, 3.8) is 0 Å². The molecule has 7 heteroatoms. The van der Waals surface area contributed by atoms with Crippen LogP contribution in [-0.2, 0) is 0 Å². The van der Waals surface area contributed by atoms with Crippen LogP contribution in [0.4, 0.5) is 0 Å². The number of carbonyl (C=O) groups excluding carboxylic acids is 1. The number of benzene rings is 1. The summed E-state index contributed by atoms with van der Waals surface area (Å²) in [5.41, 5.74) is 1.25. The summed E-state index contributed by atoms with van der Waals surface area (Å²) in [7, 11) is 1.60. The number of likely N-dealkylation sites (tertiary alicyclic amines) is 1. The van der Waals surface area contributed by atoms with Crippen molar-refractivity contribution in [1.29, 1.82) is 0 Å².